The van der Waals surface area contributed by atoms with E-state index in [-0.39, 0.29) is 5.82 Å². The lowest BCUT2D eigenvalue weighted by Crippen LogP contribution is -2.37. The predicted molar refractivity (Wildman–Crippen MR) is 96.9 cm³/mol. The van der Waals surface area contributed by atoms with Crippen molar-refractivity contribution in [3.05, 3.63) is 45.7 Å². The molecule has 0 unspecified atom stereocenters. The van der Waals surface area contributed by atoms with Gasteiger partial charge in [0, 0.05) is 29.1 Å². The number of hydrogen-bond donors (Lipinski definition) is 2. The molecule has 0 amide bonds. The quantitative estimate of drug-likeness (QED) is 0.362. The first-order valence-corrected chi connectivity index (χ1v) is 9.14. The van der Waals surface area contributed by atoms with E-state index in [1.807, 2.05) is 13.8 Å². The Kier molecular flexibility index (Phi) is 6.85. The van der Waals surface area contributed by atoms with E-state index in [0.29, 0.717) is 0 Å². The number of hydrogen-bond acceptors (Lipinski definition) is 4. The average molecular weight is 353 g/mol. The summed E-state index contributed by atoms with van der Waals surface area (Å²) < 4.78 is 12.8. The topological polar surface area (TPSA) is 49.3 Å². The standard InChI is InChI=1S/C16H21FN4S2/c1-11-15(23-12(2)21-11)10-20-16(18-3)19-8-9-22-14-6-4-13(17)5-7-14/h4-7H,8-10H2,1-3H3,(H2,18,19,20). The summed E-state index contributed by atoms with van der Waals surface area (Å²) in [7, 11) is 1.76. The molecule has 1 aromatic carbocycles. The van der Waals surface area contributed by atoms with E-state index in [1.54, 1.807) is 42.3 Å². The molecule has 0 radical (unpaired) electrons. The van der Waals surface area contributed by atoms with Crippen LogP contribution in [0, 0.1) is 19.7 Å². The molecule has 0 spiro atoms. The first-order chi connectivity index (χ1) is 11.1. The molecule has 23 heavy (non-hydrogen) atoms. The van der Waals surface area contributed by atoms with Crippen LogP contribution < -0.4 is 10.6 Å². The molecule has 2 aromatic rings. The Hall–Kier alpha value is -1.60. The maximum atomic E-state index is 12.8. The van der Waals surface area contributed by atoms with Crippen molar-refractivity contribution in [2.75, 3.05) is 19.3 Å². The van der Waals surface area contributed by atoms with Crippen LogP contribution in [0.25, 0.3) is 0 Å². The van der Waals surface area contributed by atoms with Gasteiger partial charge in [0.05, 0.1) is 17.2 Å². The van der Waals surface area contributed by atoms with Crippen molar-refractivity contribution in [2.45, 2.75) is 25.3 Å². The van der Waals surface area contributed by atoms with Crippen LogP contribution in [0.2, 0.25) is 0 Å². The maximum absolute atomic E-state index is 12.8. The molecule has 0 saturated carbocycles. The van der Waals surface area contributed by atoms with E-state index < -0.39 is 0 Å². The SMILES string of the molecule is CN=C(NCCSc1ccc(F)cc1)NCc1sc(C)nc1C. The second-order valence-electron chi connectivity index (χ2n) is 4.90. The number of aromatic nitrogens is 1. The van der Waals surface area contributed by atoms with Crippen LogP contribution in [-0.4, -0.2) is 30.3 Å². The van der Waals surface area contributed by atoms with Crippen molar-refractivity contribution < 1.29 is 4.39 Å². The first-order valence-electron chi connectivity index (χ1n) is 7.34. The van der Waals surface area contributed by atoms with Crippen LogP contribution in [-0.2, 0) is 6.54 Å². The van der Waals surface area contributed by atoms with Gasteiger partial charge in [0.15, 0.2) is 5.96 Å². The third-order valence-electron chi connectivity index (χ3n) is 3.12. The van der Waals surface area contributed by atoms with Gasteiger partial charge in [-0.15, -0.1) is 23.1 Å². The van der Waals surface area contributed by atoms with Crippen molar-refractivity contribution in [2.24, 2.45) is 4.99 Å². The Morgan fingerprint density at radius 2 is 2.00 bits per heavy atom. The molecule has 0 atom stereocenters. The summed E-state index contributed by atoms with van der Waals surface area (Å²) in [6.45, 7) is 5.54. The summed E-state index contributed by atoms with van der Waals surface area (Å²) in [6, 6.07) is 6.55. The van der Waals surface area contributed by atoms with Crippen LogP contribution in [0.4, 0.5) is 4.39 Å². The Bertz CT molecular complexity index is 653. The van der Waals surface area contributed by atoms with Gasteiger partial charge in [0.1, 0.15) is 5.82 Å². The molecule has 124 valence electrons. The van der Waals surface area contributed by atoms with Crippen LogP contribution in [0.3, 0.4) is 0 Å². The monoisotopic (exact) mass is 352 g/mol. The normalized spacial score (nSPS) is 11.6. The molecule has 0 aliphatic heterocycles. The van der Waals surface area contributed by atoms with Gasteiger partial charge in [-0.2, -0.15) is 0 Å². The van der Waals surface area contributed by atoms with Gasteiger partial charge in [-0.3, -0.25) is 4.99 Å². The van der Waals surface area contributed by atoms with Gasteiger partial charge in [0.2, 0.25) is 0 Å². The smallest absolute Gasteiger partial charge is 0.191 e. The Morgan fingerprint density at radius 3 is 2.61 bits per heavy atom. The predicted octanol–water partition coefficient (Wildman–Crippen LogP) is 3.36. The van der Waals surface area contributed by atoms with Gasteiger partial charge in [0.25, 0.3) is 0 Å². The molecule has 2 rings (SSSR count). The van der Waals surface area contributed by atoms with Crippen molar-refractivity contribution in [3.8, 4) is 0 Å². The summed E-state index contributed by atoms with van der Waals surface area (Å²) in [5, 5.41) is 7.65. The number of aryl methyl sites for hydroxylation is 2. The molecule has 1 aromatic heterocycles. The Balaban J connectivity index is 1.70. The second-order valence-corrected chi connectivity index (χ2v) is 7.35. The molecule has 7 heteroatoms. The minimum Gasteiger partial charge on any atom is -0.356 e. The summed E-state index contributed by atoms with van der Waals surface area (Å²) >= 11 is 3.38. The minimum atomic E-state index is -0.203. The Morgan fingerprint density at radius 1 is 1.26 bits per heavy atom. The molecule has 0 saturated heterocycles. The fourth-order valence-corrected chi connectivity index (χ4v) is 3.64. The fourth-order valence-electron chi connectivity index (χ4n) is 1.99. The number of nitrogens with one attached hydrogen (secondary N) is 2. The average Bonchev–Trinajstić information content (AvgIpc) is 2.86. The molecule has 2 N–H and O–H groups in total. The second kappa shape index (κ2) is 8.88. The van der Waals surface area contributed by atoms with Gasteiger partial charge >= 0.3 is 0 Å². The number of aliphatic imine (C=N–C) groups is 1. The largest absolute Gasteiger partial charge is 0.356 e. The van der Waals surface area contributed by atoms with Crippen LogP contribution in [0.15, 0.2) is 34.2 Å². The molecular weight excluding hydrogens is 331 g/mol. The molecular formula is C16H21FN4S2. The summed E-state index contributed by atoms with van der Waals surface area (Å²) in [5.74, 6) is 1.45. The molecule has 1 heterocycles. The highest BCUT2D eigenvalue weighted by atomic mass is 32.2. The van der Waals surface area contributed by atoms with Gasteiger partial charge in [-0.25, -0.2) is 9.37 Å². The van der Waals surface area contributed by atoms with E-state index in [9.17, 15) is 4.39 Å². The number of thiazole rings is 1. The van der Waals surface area contributed by atoms with Crippen molar-refractivity contribution in [3.63, 3.8) is 0 Å². The first kappa shape index (κ1) is 17.7. The number of benzene rings is 1. The van der Waals surface area contributed by atoms with Crippen molar-refractivity contribution >= 4 is 29.1 Å². The van der Waals surface area contributed by atoms with Gasteiger partial charge < -0.3 is 10.6 Å². The van der Waals surface area contributed by atoms with Crippen molar-refractivity contribution in [1.29, 1.82) is 0 Å². The molecule has 0 aliphatic rings. The maximum Gasteiger partial charge on any atom is 0.191 e. The third-order valence-corrected chi connectivity index (χ3v) is 5.20. The minimum absolute atomic E-state index is 0.203. The summed E-state index contributed by atoms with van der Waals surface area (Å²) in [5.41, 5.74) is 1.07. The molecule has 0 bridgehead atoms. The van der Waals surface area contributed by atoms with Gasteiger partial charge in [-0.1, -0.05) is 0 Å². The lowest BCUT2D eigenvalue weighted by Gasteiger charge is -2.11. The summed E-state index contributed by atoms with van der Waals surface area (Å²) in [6.07, 6.45) is 0. The number of thioether (sulfide) groups is 1. The highest BCUT2D eigenvalue weighted by molar-refractivity contribution is 7.99. The molecule has 0 fully saturated rings. The van der Waals surface area contributed by atoms with E-state index in [2.05, 4.69) is 20.6 Å². The van der Waals surface area contributed by atoms with Crippen molar-refractivity contribution in [1.82, 2.24) is 15.6 Å². The van der Waals surface area contributed by atoms with Gasteiger partial charge in [-0.05, 0) is 38.1 Å². The zero-order valence-electron chi connectivity index (χ0n) is 13.5. The lowest BCUT2D eigenvalue weighted by molar-refractivity contribution is 0.626. The Labute approximate surface area is 144 Å². The number of nitrogens with zero attached hydrogens (tertiary/aromatic N) is 2. The van der Waals surface area contributed by atoms with Crippen LogP contribution in [0.5, 0.6) is 0 Å². The molecule has 4 nitrogen and oxygen atoms in total. The van der Waals surface area contributed by atoms with Crippen LogP contribution in [0.1, 0.15) is 15.6 Å². The van der Waals surface area contributed by atoms with E-state index in [0.717, 1.165) is 40.4 Å². The fraction of sp³-hybridized carbons (Fsp3) is 0.375. The van der Waals surface area contributed by atoms with Crippen LogP contribution >= 0.6 is 23.1 Å². The third kappa shape index (κ3) is 5.84. The highest BCUT2D eigenvalue weighted by Crippen LogP contribution is 2.17. The lowest BCUT2D eigenvalue weighted by atomic mass is 10.4. The zero-order chi connectivity index (χ0) is 16.7. The summed E-state index contributed by atoms with van der Waals surface area (Å²) in [4.78, 5) is 10.9. The number of rotatable bonds is 6. The molecule has 0 aliphatic carbocycles. The van der Waals surface area contributed by atoms with E-state index >= 15 is 0 Å². The highest BCUT2D eigenvalue weighted by Gasteiger charge is 2.05. The number of halogens is 1. The van der Waals surface area contributed by atoms with E-state index in [4.69, 9.17) is 0 Å². The number of guanidine groups is 1. The zero-order valence-corrected chi connectivity index (χ0v) is 15.2. The van der Waals surface area contributed by atoms with E-state index in [1.165, 1.54) is 17.0 Å².